The Morgan fingerprint density at radius 2 is 2.13 bits per heavy atom. The van der Waals surface area contributed by atoms with Crippen molar-refractivity contribution in [1.29, 1.82) is 0 Å². The predicted molar refractivity (Wildman–Crippen MR) is 119 cm³/mol. The second kappa shape index (κ2) is 7.69. The van der Waals surface area contributed by atoms with Crippen LogP contribution in [0.25, 0.3) is 5.70 Å². The molecule has 6 heteroatoms. The Morgan fingerprint density at radius 1 is 1.23 bits per heavy atom. The molecule has 0 saturated carbocycles. The molecule has 5 rings (SSSR count). The van der Waals surface area contributed by atoms with Gasteiger partial charge in [-0.25, -0.2) is 0 Å². The van der Waals surface area contributed by atoms with E-state index in [1.807, 2.05) is 30.6 Å². The SMILES string of the molecule is Cc1cccnc1[C@@H]1CCC[C@H](C2CN3C(c4ccn(C)c(=O)c4)=CC=CC3=N2)N1. The van der Waals surface area contributed by atoms with Gasteiger partial charge in [0.2, 0.25) is 0 Å². The number of aryl methyl sites for hydroxylation is 2. The van der Waals surface area contributed by atoms with Crippen molar-refractivity contribution in [3.63, 3.8) is 0 Å². The highest BCUT2D eigenvalue weighted by atomic mass is 16.1. The minimum absolute atomic E-state index is 0.000270. The number of pyridine rings is 2. The smallest absolute Gasteiger partial charge is 0.250 e. The van der Waals surface area contributed by atoms with E-state index in [-0.39, 0.29) is 17.6 Å². The van der Waals surface area contributed by atoms with E-state index in [0.717, 1.165) is 42.2 Å². The van der Waals surface area contributed by atoms with Crippen LogP contribution in [-0.4, -0.2) is 38.9 Å². The zero-order chi connectivity index (χ0) is 20.7. The molecule has 6 nitrogen and oxygen atoms in total. The summed E-state index contributed by atoms with van der Waals surface area (Å²) in [5.74, 6) is 0.983. The lowest BCUT2D eigenvalue weighted by Crippen LogP contribution is -2.46. The molecular weight excluding hydrogens is 374 g/mol. The van der Waals surface area contributed by atoms with Crippen molar-refractivity contribution in [2.24, 2.45) is 12.0 Å². The van der Waals surface area contributed by atoms with Gasteiger partial charge in [0.15, 0.2) is 0 Å². The van der Waals surface area contributed by atoms with Crippen LogP contribution in [-0.2, 0) is 7.05 Å². The van der Waals surface area contributed by atoms with Crippen molar-refractivity contribution >= 4 is 11.5 Å². The Labute approximate surface area is 176 Å². The Hall–Kier alpha value is -2.99. The zero-order valence-electron chi connectivity index (χ0n) is 17.5. The standard InChI is InChI=1S/C24H27N5O/c1-16-6-5-12-25-24(16)19-8-3-7-18(26-19)20-15-29-21(9-4-10-22(29)27-20)17-11-13-28(2)23(30)14-17/h4-6,9-14,18-20,26H,3,7-8,15H2,1-2H3/t18-,19+,20?/m1/s1. The van der Waals surface area contributed by atoms with Crippen LogP contribution >= 0.6 is 0 Å². The number of nitrogens with one attached hydrogen (secondary N) is 1. The number of hydrogen-bond acceptors (Lipinski definition) is 5. The average Bonchev–Trinajstić information content (AvgIpc) is 3.21. The molecular formula is C24H27N5O. The molecule has 2 aromatic heterocycles. The summed E-state index contributed by atoms with van der Waals surface area (Å²) >= 11 is 0. The van der Waals surface area contributed by atoms with Gasteiger partial charge in [-0.3, -0.25) is 14.8 Å². The highest BCUT2D eigenvalue weighted by Gasteiger charge is 2.36. The second-order valence-electron chi connectivity index (χ2n) is 8.40. The van der Waals surface area contributed by atoms with E-state index in [4.69, 9.17) is 4.99 Å². The van der Waals surface area contributed by atoms with Gasteiger partial charge in [0.25, 0.3) is 5.56 Å². The topological polar surface area (TPSA) is 62.5 Å². The van der Waals surface area contributed by atoms with Crippen molar-refractivity contribution in [3.05, 3.63) is 82.1 Å². The fourth-order valence-corrected chi connectivity index (χ4v) is 4.76. The molecule has 3 aliphatic rings. The molecule has 154 valence electrons. The van der Waals surface area contributed by atoms with Gasteiger partial charge in [-0.15, -0.1) is 0 Å². The van der Waals surface area contributed by atoms with Crippen LogP contribution < -0.4 is 10.9 Å². The van der Waals surface area contributed by atoms with Crippen LogP contribution in [0.4, 0.5) is 0 Å². The Kier molecular flexibility index (Phi) is 4.87. The van der Waals surface area contributed by atoms with Crippen molar-refractivity contribution in [2.75, 3.05) is 6.54 Å². The molecule has 3 aliphatic heterocycles. The number of fused-ring (bicyclic) bond motifs is 1. The average molecular weight is 402 g/mol. The van der Waals surface area contributed by atoms with E-state index in [2.05, 4.69) is 40.3 Å². The van der Waals surface area contributed by atoms with Gasteiger partial charge >= 0.3 is 0 Å². The molecule has 1 saturated heterocycles. The van der Waals surface area contributed by atoms with Crippen LogP contribution in [0.5, 0.6) is 0 Å². The van der Waals surface area contributed by atoms with E-state index in [1.54, 1.807) is 17.7 Å². The van der Waals surface area contributed by atoms with Gasteiger partial charge in [-0.1, -0.05) is 12.1 Å². The number of aromatic nitrogens is 2. The molecule has 5 heterocycles. The maximum Gasteiger partial charge on any atom is 0.250 e. The summed E-state index contributed by atoms with van der Waals surface area (Å²) in [4.78, 5) is 24.1. The van der Waals surface area contributed by atoms with E-state index in [1.165, 1.54) is 12.0 Å². The Morgan fingerprint density at radius 3 is 2.97 bits per heavy atom. The lowest BCUT2D eigenvalue weighted by Gasteiger charge is -2.34. The number of nitrogens with zero attached hydrogens (tertiary/aromatic N) is 4. The number of piperidine rings is 1. The van der Waals surface area contributed by atoms with Crippen LogP contribution in [0.15, 0.2) is 64.7 Å². The molecule has 0 aromatic carbocycles. The molecule has 0 amide bonds. The van der Waals surface area contributed by atoms with Crippen LogP contribution in [0.2, 0.25) is 0 Å². The number of rotatable bonds is 3. The van der Waals surface area contributed by atoms with Crippen molar-refractivity contribution in [3.8, 4) is 0 Å². The summed E-state index contributed by atoms with van der Waals surface area (Å²) in [6, 6.07) is 8.62. The lowest BCUT2D eigenvalue weighted by atomic mass is 9.91. The third-order valence-electron chi connectivity index (χ3n) is 6.40. The molecule has 0 aliphatic carbocycles. The Bertz CT molecular complexity index is 1110. The first-order valence-corrected chi connectivity index (χ1v) is 10.7. The molecule has 30 heavy (non-hydrogen) atoms. The molecule has 1 N–H and O–H groups in total. The van der Waals surface area contributed by atoms with Crippen LogP contribution in [0, 0.1) is 6.92 Å². The predicted octanol–water partition coefficient (Wildman–Crippen LogP) is 2.97. The number of allylic oxidation sites excluding steroid dienone is 2. The van der Waals surface area contributed by atoms with Crippen molar-refractivity contribution in [1.82, 2.24) is 19.8 Å². The van der Waals surface area contributed by atoms with Crippen molar-refractivity contribution in [2.45, 2.75) is 44.3 Å². The van der Waals surface area contributed by atoms with Crippen LogP contribution in [0.3, 0.4) is 0 Å². The first-order valence-electron chi connectivity index (χ1n) is 10.7. The minimum atomic E-state index is -0.000270. The minimum Gasteiger partial charge on any atom is -0.324 e. The van der Waals surface area contributed by atoms with Gasteiger partial charge in [-0.2, -0.15) is 0 Å². The number of hydrogen-bond donors (Lipinski definition) is 1. The summed E-state index contributed by atoms with van der Waals surface area (Å²) in [6.45, 7) is 2.96. The molecule has 1 unspecified atom stereocenters. The van der Waals surface area contributed by atoms with E-state index < -0.39 is 0 Å². The summed E-state index contributed by atoms with van der Waals surface area (Å²) in [5.41, 5.74) is 4.38. The monoisotopic (exact) mass is 401 g/mol. The third kappa shape index (κ3) is 3.41. The fourth-order valence-electron chi connectivity index (χ4n) is 4.76. The maximum absolute atomic E-state index is 12.1. The summed E-state index contributed by atoms with van der Waals surface area (Å²) in [6.07, 6.45) is 13.3. The Balaban J connectivity index is 1.36. The molecule has 1 fully saturated rings. The number of amidine groups is 1. The molecule has 0 spiro atoms. The van der Waals surface area contributed by atoms with Gasteiger partial charge in [0, 0.05) is 49.4 Å². The van der Waals surface area contributed by atoms with Gasteiger partial charge in [0.05, 0.1) is 17.8 Å². The highest BCUT2D eigenvalue weighted by Crippen LogP contribution is 2.32. The molecule has 0 radical (unpaired) electrons. The second-order valence-corrected chi connectivity index (χ2v) is 8.40. The maximum atomic E-state index is 12.1. The molecule has 2 aromatic rings. The van der Waals surface area contributed by atoms with E-state index in [9.17, 15) is 4.79 Å². The van der Waals surface area contributed by atoms with Gasteiger partial charge in [-0.05, 0) is 56.0 Å². The lowest BCUT2D eigenvalue weighted by molar-refractivity contribution is 0.282. The van der Waals surface area contributed by atoms with Crippen molar-refractivity contribution < 1.29 is 0 Å². The summed E-state index contributed by atoms with van der Waals surface area (Å²) < 4.78 is 1.59. The summed E-state index contributed by atoms with van der Waals surface area (Å²) in [7, 11) is 1.77. The van der Waals surface area contributed by atoms with Crippen LogP contribution in [0.1, 0.15) is 42.1 Å². The first kappa shape index (κ1) is 19.0. The quantitative estimate of drug-likeness (QED) is 0.859. The molecule has 3 atom stereocenters. The highest BCUT2D eigenvalue weighted by molar-refractivity contribution is 6.02. The largest absolute Gasteiger partial charge is 0.324 e. The van der Waals surface area contributed by atoms with E-state index in [0.29, 0.717) is 6.04 Å². The fraction of sp³-hybridized carbons (Fsp3) is 0.375. The van der Waals surface area contributed by atoms with E-state index >= 15 is 0 Å². The summed E-state index contributed by atoms with van der Waals surface area (Å²) in [5, 5.41) is 3.84. The van der Waals surface area contributed by atoms with Gasteiger partial charge in [0.1, 0.15) is 5.84 Å². The third-order valence-corrected chi connectivity index (χ3v) is 6.40. The first-order chi connectivity index (χ1) is 14.6. The normalized spacial score (nSPS) is 25.7. The zero-order valence-corrected chi connectivity index (χ0v) is 17.5. The van der Waals surface area contributed by atoms with Gasteiger partial charge < -0.3 is 14.8 Å². The number of aliphatic imine (C=N–C) groups is 1. The molecule has 0 bridgehead atoms.